The van der Waals surface area contributed by atoms with Crippen LogP contribution in [0, 0.1) is 0 Å². The second kappa shape index (κ2) is 30.4. The van der Waals surface area contributed by atoms with Crippen LogP contribution in [0.2, 0.25) is 0 Å². The highest BCUT2D eigenvalue weighted by molar-refractivity contribution is 6.01. The molecule has 0 aromatic heterocycles. The van der Waals surface area contributed by atoms with Gasteiger partial charge < -0.3 is 15.2 Å². The maximum absolute atomic E-state index is 12.9. The molecule has 1 atom stereocenters. The summed E-state index contributed by atoms with van der Waals surface area (Å²) in [6, 6.07) is -0.948. The fourth-order valence-electron chi connectivity index (χ4n) is 5.56. The lowest BCUT2D eigenvalue weighted by molar-refractivity contribution is -0.222. The van der Waals surface area contributed by atoms with Gasteiger partial charge in [-0.25, -0.2) is 0 Å². The number of ether oxygens (including phenoxy) is 2. The molecule has 46 heavy (non-hydrogen) atoms. The fraction of sp³-hybridized carbons (Fsp3) is 0.895. The number of esters is 2. The first-order chi connectivity index (χ1) is 22.2. The molecule has 0 aliphatic rings. The molecule has 0 fully saturated rings. The van der Waals surface area contributed by atoms with E-state index >= 15 is 0 Å². The lowest BCUT2D eigenvalue weighted by atomic mass is 10.0. The molecular formula is C38H72N2O6. The number of unbranched alkanes of at least 4 members (excludes halogenated alkanes) is 24. The number of rotatable bonds is 32. The Balaban J connectivity index is 4.35. The molecule has 2 amide bonds. The van der Waals surface area contributed by atoms with Crippen molar-refractivity contribution >= 4 is 23.8 Å². The molecule has 0 rings (SSSR count). The van der Waals surface area contributed by atoms with Crippen molar-refractivity contribution in [3.05, 3.63) is 0 Å². The van der Waals surface area contributed by atoms with Crippen LogP contribution < -0.4 is 11.1 Å². The van der Waals surface area contributed by atoms with E-state index in [1.165, 1.54) is 129 Å². The van der Waals surface area contributed by atoms with E-state index in [0.717, 1.165) is 38.5 Å². The maximum Gasteiger partial charge on any atom is 0.333 e. The second-order valence-electron chi connectivity index (χ2n) is 13.5. The zero-order valence-corrected chi connectivity index (χ0v) is 30.4. The van der Waals surface area contributed by atoms with E-state index in [4.69, 9.17) is 15.2 Å². The Morgan fingerprint density at radius 2 is 0.783 bits per heavy atom. The number of carbonyl (C=O) groups is 4. The molecule has 0 heterocycles. The minimum absolute atomic E-state index is 0.109. The standard InChI is InChI=1S/C38H72N2O6/c1-5-7-9-11-13-15-17-19-21-23-25-27-29-31-34(41)45-38(4,37(44)40-36(43)33(3)39)46-35(42)32-30-28-26-24-22-20-18-16-14-12-10-8-6-2/h33H,5-32,39H2,1-4H3,(H,40,43,44)/t33-/m0/s1. The van der Waals surface area contributed by atoms with Crippen molar-refractivity contribution in [2.75, 3.05) is 0 Å². The average Bonchev–Trinajstić information content (AvgIpc) is 3.01. The van der Waals surface area contributed by atoms with E-state index in [1.54, 1.807) is 0 Å². The molecule has 3 N–H and O–H groups in total. The summed E-state index contributed by atoms with van der Waals surface area (Å²) in [5.74, 6) is -5.25. The zero-order valence-electron chi connectivity index (χ0n) is 30.4. The average molecular weight is 653 g/mol. The van der Waals surface area contributed by atoms with Crippen molar-refractivity contribution in [3.8, 4) is 0 Å². The quantitative estimate of drug-likeness (QED) is 0.0421. The molecule has 8 nitrogen and oxygen atoms in total. The van der Waals surface area contributed by atoms with Crippen LogP contribution >= 0.6 is 0 Å². The van der Waals surface area contributed by atoms with Gasteiger partial charge in [0.15, 0.2) is 0 Å². The smallest absolute Gasteiger partial charge is 0.333 e. The molecule has 0 bridgehead atoms. The molecule has 0 saturated carbocycles. The van der Waals surface area contributed by atoms with E-state index < -0.39 is 35.6 Å². The summed E-state index contributed by atoms with van der Waals surface area (Å²) in [5, 5.41) is 2.11. The van der Waals surface area contributed by atoms with E-state index in [-0.39, 0.29) is 12.8 Å². The number of hydrogen-bond donors (Lipinski definition) is 2. The first-order valence-electron chi connectivity index (χ1n) is 19.2. The van der Waals surface area contributed by atoms with E-state index in [1.807, 2.05) is 0 Å². The third kappa shape index (κ3) is 26.1. The fourth-order valence-corrected chi connectivity index (χ4v) is 5.56. The molecule has 0 saturated heterocycles. The number of amides is 2. The molecular weight excluding hydrogens is 580 g/mol. The summed E-state index contributed by atoms with van der Waals surface area (Å²) in [6.07, 6.45) is 31.1. The van der Waals surface area contributed by atoms with Gasteiger partial charge in [0.1, 0.15) is 0 Å². The normalized spacial score (nSPS) is 12.1. The predicted molar refractivity (Wildman–Crippen MR) is 188 cm³/mol. The highest BCUT2D eigenvalue weighted by Gasteiger charge is 2.42. The third-order valence-electron chi connectivity index (χ3n) is 8.65. The largest absolute Gasteiger partial charge is 0.413 e. The summed E-state index contributed by atoms with van der Waals surface area (Å²) in [7, 11) is 0. The molecule has 0 unspecified atom stereocenters. The van der Waals surface area contributed by atoms with Crippen molar-refractivity contribution in [3.63, 3.8) is 0 Å². The molecule has 0 spiro atoms. The van der Waals surface area contributed by atoms with Gasteiger partial charge in [0.05, 0.1) is 6.04 Å². The monoisotopic (exact) mass is 653 g/mol. The topological polar surface area (TPSA) is 125 Å². The van der Waals surface area contributed by atoms with Crippen molar-refractivity contribution in [1.82, 2.24) is 5.32 Å². The van der Waals surface area contributed by atoms with E-state index in [2.05, 4.69) is 19.2 Å². The van der Waals surface area contributed by atoms with Crippen LogP contribution in [0.4, 0.5) is 0 Å². The first kappa shape index (κ1) is 44.0. The molecule has 0 aliphatic heterocycles. The Labute approximate surface area is 282 Å². The summed E-state index contributed by atoms with van der Waals surface area (Å²) in [6.45, 7) is 7.12. The van der Waals surface area contributed by atoms with Gasteiger partial charge in [0, 0.05) is 19.8 Å². The number of imide groups is 1. The highest BCUT2D eigenvalue weighted by Crippen LogP contribution is 2.19. The van der Waals surface area contributed by atoms with Gasteiger partial charge in [-0.05, 0) is 19.8 Å². The van der Waals surface area contributed by atoms with Crippen molar-refractivity contribution in [1.29, 1.82) is 0 Å². The Kier molecular flexibility index (Phi) is 29.1. The van der Waals surface area contributed by atoms with E-state index in [0.29, 0.717) is 12.8 Å². The van der Waals surface area contributed by atoms with Crippen LogP contribution in [-0.2, 0) is 28.7 Å². The van der Waals surface area contributed by atoms with Crippen LogP contribution in [0.3, 0.4) is 0 Å². The molecule has 0 aromatic carbocycles. The van der Waals surface area contributed by atoms with Crippen LogP contribution in [0.25, 0.3) is 0 Å². The number of carbonyl (C=O) groups excluding carboxylic acids is 4. The number of nitrogens with one attached hydrogen (secondary N) is 1. The van der Waals surface area contributed by atoms with Crippen LogP contribution in [-0.4, -0.2) is 35.6 Å². The Morgan fingerprint density at radius 3 is 1.04 bits per heavy atom. The maximum atomic E-state index is 12.9. The third-order valence-corrected chi connectivity index (χ3v) is 8.65. The van der Waals surface area contributed by atoms with Crippen LogP contribution in [0.1, 0.15) is 207 Å². The second-order valence-corrected chi connectivity index (χ2v) is 13.5. The minimum Gasteiger partial charge on any atom is -0.413 e. The first-order valence-corrected chi connectivity index (χ1v) is 19.2. The lowest BCUT2D eigenvalue weighted by Gasteiger charge is -2.27. The minimum atomic E-state index is -2.23. The predicted octanol–water partition coefficient (Wildman–Crippen LogP) is 9.74. The molecule has 270 valence electrons. The summed E-state index contributed by atoms with van der Waals surface area (Å²) >= 11 is 0. The SMILES string of the molecule is CCCCCCCCCCCCCCCC(=O)OC(C)(OC(=O)CCCCCCCCCCCCCCC)C(=O)NC(=O)[C@H](C)N. The molecule has 0 aromatic rings. The van der Waals surface area contributed by atoms with Gasteiger partial charge in [-0.15, -0.1) is 0 Å². The molecule has 8 heteroatoms. The zero-order chi connectivity index (χ0) is 34.3. The van der Waals surface area contributed by atoms with Crippen LogP contribution in [0.5, 0.6) is 0 Å². The van der Waals surface area contributed by atoms with Gasteiger partial charge >= 0.3 is 23.6 Å². The summed E-state index contributed by atoms with van der Waals surface area (Å²) in [4.78, 5) is 50.2. The molecule has 0 aliphatic carbocycles. The Hall–Kier alpha value is -1.96. The lowest BCUT2D eigenvalue weighted by Crippen LogP contribution is -2.54. The van der Waals surface area contributed by atoms with Crippen molar-refractivity contribution in [2.24, 2.45) is 5.73 Å². The van der Waals surface area contributed by atoms with Gasteiger partial charge in [-0.3, -0.25) is 24.5 Å². The van der Waals surface area contributed by atoms with Gasteiger partial charge in [0.2, 0.25) is 5.91 Å². The van der Waals surface area contributed by atoms with Gasteiger partial charge in [-0.2, -0.15) is 0 Å². The highest BCUT2D eigenvalue weighted by atomic mass is 16.7. The van der Waals surface area contributed by atoms with Crippen molar-refractivity contribution in [2.45, 2.75) is 219 Å². The van der Waals surface area contributed by atoms with E-state index in [9.17, 15) is 19.2 Å². The molecule has 0 radical (unpaired) electrons. The van der Waals surface area contributed by atoms with Gasteiger partial charge in [0.25, 0.3) is 0 Å². The summed E-state index contributed by atoms with van der Waals surface area (Å²) in [5.41, 5.74) is 5.57. The number of nitrogens with two attached hydrogens (primary N) is 1. The number of hydrogen-bond acceptors (Lipinski definition) is 7. The Morgan fingerprint density at radius 1 is 0.522 bits per heavy atom. The summed E-state index contributed by atoms with van der Waals surface area (Å²) < 4.78 is 10.8. The van der Waals surface area contributed by atoms with Crippen molar-refractivity contribution < 1.29 is 28.7 Å². The van der Waals surface area contributed by atoms with Crippen LogP contribution in [0.15, 0.2) is 0 Å². The Bertz CT molecular complexity index is 741. The van der Waals surface area contributed by atoms with Gasteiger partial charge in [-0.1, -0.05) is 168 Å².